The number of rotatable bonds is 6. The Morgan fingerprint density at radius 3 is 2.92 bits per heavy atom. The highest BCUT2D eigenvalue weighted by Gasteiger charge is 2.16. The molecule has 0 spiro atoms. The molecular formula is C17H22N6O2. The van der Waals surface area contributed by atoms with Crippen molar-refractivity contribution in [1.82, 2.24) is 24.9 Å². The van der Waals surface area contributed by atoms with E-state index in [2.05, 4.69) is 20.4 Å². The van der Waals surface area contributed by atoms with E-state index in [0.717, 1.165) is 35.6 Å². The van der Waals surface area contributed by atoms with Crippen molar-refractivity contribution in [3.8, 4) is 0 Å². The molecule has 0 fully saturated rings. The van der Waals surface area contributed by atoms with E-state index in [0.29, 0.717) is 5.78 Å². The summed E-state index contributed by atoms with van der Waals surface area (Å²) in [6.07, 6.45) is 3.50. The van der Waals surface area contributed by atoms with Gasteiger partial charge in [-0.2, -0.15) is 9.50 Å². The van der Waals surface area contributed by atoms with E-state index in [4.69, 9.17) is 10.2 Å². The smallest absolute Gasteiger partial charge is 0.254 e. The first-order valence-electron chi connectivity index (χ1n) is 8.24. The van der Waals surface area contributed by atoms with Crippen molar-refractivity contribution >= 4 is 17.6 Å². The quantitative estimate of drug-likeness (QED) is 0.704. The number of nitrogens with one attached hydrogen (secondary N) is 1. The van der Waals surface area contributed by atoms with Gasteiger partial charge in [0.2, 0.25) is 11.9 Å². The van der Waals surface area contributed by atoms with E-state index >= 15 is 0 Å². The van der Waals surface area contributed by atoms with Crippen LogP contribution >= 0.6 is 0 Å². The third kappa shape index (κ3) is 3.78. The SMILES string of the molecule is Cc1nc2nc(N)nn2c(C)c1CC(=O)NC(C)CCc1ccco1. The molecule has 3 aromatic rings. The first-order valence-corrected chi connectivity index (χ1v) is 8.24. The molecule has 0 aliphatic rings. The van der Waals surface area contributed by atoms with Crippen LogP contribution in [0.25, 0.3) is 5.78 Å². The van der Waals surface area contributed by atoms with Gasteiger partial charge < -0.3 is 15.5 Å². The number of fused-ring (bicyclic) bond motifs is 1. The number of aromatic nitrogens is 4. The molecule has 3 heterocycles. The number of nitrogen functional groups attached to an aromatic ring is 1. The molecule has 0 radical (unpaired) electrons. The van der Waals surface area contributed by atoms with Crippen molar-refractivity contribution in [2.45, 2.75) is 46.1 Å². The van der Waals surface area contributed by atoms with Crippen LogP contribution < -0.4 is 11.1 Å². The maximum Gasteiger partial charge on any atom is 0.254 e. The number of anilines is 1. The highest BCUT2D eigenvalue weighted by molar-refractivity contribution is 5.79. The Morgan fingerprint density at radius 1 is 1.40 bits per heavy atom. The zero-order valence-electron chi connectivity index (χ0n) is 14.6. The predicted octanol–water partition coefficient (Wildman–Crippen LogP) is 1.60. The molecule has 3 N–H and O–H groups in total. The van der Waals surface area contributed by atoms with E-state index < -0.39 is 0 Å². The summed E-state index contributed by atoms with van der Waals surface area (Å²) >= 11 is 0. The molecule has 0 saturated carbocycles. The second-order valence-electron chi connectivity index (χ2n) is 6.21. The first kappa shape index (κ1) is 16.9. The number of hydrogen-bond donors (Lipinski definition) is 2. The molecule has 1 unspecified atom stereocenters. The van der Waals surface area contributed by atoms with E-state index in [9.17, 15) is 4.79 Å². The minimum Gasteiger partial charge on any atom is -0.469 e. The molecule has 0 bridgehead atoms. The Morgan fingerprint density at radius 2 is 2.20 bits per heavy atom. The summed E-state index contributed by atoms with van der Waals surface area (Å²) in [6, 6.07) is 3.85. The Labute approximate surface area is 145 Å². The van der Waals surface area contributed by atoms with E-state index in [-0.39, 0.29) is 24.3 Å². The Hall–Kier alpha value is -2.90. The van der Waals surface area contributed by atoms with E-state index in [1.807, 2.05) is 32.9 Å². The molecule has 0 aliphatic carbocycles. The average Bonchev–Trinajstić information content (AvgIpc) is 3.18. The van der Waals surface area contributed by atoms with Crippen LogP contribution in [0.2, 0.25) is 0 Å². The van der Waals surface area contributed by atoms with Gasteiger partial charge in [-0.1, -0.05) is 0 Å². The number of nitrogens with zero attached hydrogens (tertiary/aromatic N) is 4. The summed E-state index contributed by atoms with van der Waals surface area (Å²) in [5.41, 5.74) is 8.06. The van der Waals surface area contributed by atoms with Gasteiger partial charge in [-0.15, -0.1) is 5.10 Å². The largest absolute Gasteiger partial charge is 0.469 e. The summed E-state index contributed by atoms with van der Waals surface area (Å²) in [6.45, 7) is 5.74. The number of nitrogens with two attached hydrogens (primary N) is 1. The number of aryl methyl sites for hydroxylation is 3. The van der Waals surface area contributed by atoms with Crippen LogP contribution in [-0.2, 0) is 17.6 Å². The van der Waals surface area contributed by atoms with Crippen molar-refractivity contribution in [3.05, 3.63) is 41.1 Å². The monoisotopic (exact) mass is 342 g/mol. The van der Waals surface area contributed by atoms with Gasteiger partial charge in [0, 0.05) is 29.4 Å². The van der Waals surface area contributed by atoms with Crippen molar-refractivity contribution in [2.75, 3.05) is 5.73 Å². The van der Waals surface area contributed by atoms with Gasteiger partial charge in [-0.05, 0) is 39.3 Å². The lowest BCUT2D eigenvalue weighted by molar-refractivity contribution is -0.121. The molecule has 8 nitrogen and oxygen atoms in total. The third-order valence-corrected chi connectivity index (χ3v) is 4.21. The molecule has 1 atom stereocenters. The predicted molar refractivity (Wildman–Crippen MR) is 93.0 cm³/mol. The van der Waals surface area contributed by atoms with Crippen LogP contribution in [0.3, 0.4) is 0 Å². The van der Waals surface area contributed by atoms with Gasteiger partial charge >= 0.3 is 0 Å². The number of carbonyl (C=O) groups is 1. The van der Waals surface area contributed by atoms with Crippen LogP contribution in [0.1, 0.15) is 36.1 Å². The van der Waals surface area contributed by atoms with Gasteiger partial charge in [0.05, 0.1) is 12.7 Å². The zero-order valence-corrected chi connectivity index (χ0v) is 14.6. The van der Waals surface area contributed by atoms with Crippen molar-refractivity contribution in [1.29, 1.82) is 0 Å². The molecule has 8 heteroatoms. The topological polar surface area (TPSA) is 111 Å². The molecule has 0 aromatic carbocycles. The first-order chi connectivity index (χ1) is 11.9. The van der Waals surface area contributed by atoms with Gasteiger partial charge in [-0.3, -0.25) is 4.79 Å². The zero-order chi connectivity index (χ0) is 18.0. The third-order valence-electron chi connectivity index (χ3n) is 4.21. The second kappa shape index (κ2) is 6.92. The van der Waals surface area contributed by atoms with Gasteiger partial charge in [0.1, 0.15) is 5.76 Å². The molecular weight excluding hydrogens is 320 g/mol. The Bertz CT molecular complexity index is 884. The second-order valence-corrected chi connectivity index (χ2v) is 6.21. The van der Waals surface area contributed by atoms with Gasteiger partial charge in [-0.25, -0.2) is 4.98 Å². The number of furan rings is 1. The maximum absolute atomic E-state index is 12.4. The lowest BCUT2D eigenvalue weighted by Gasteiger charge is -2.15. The fraction of sp³-hybridized carbons (Fsp3) is 0.412. The Balaban J connectivity index is 1.65. The molecule has 0 saturated heterocycles. The lowest BCUT2D eigenvalue weighted by atomic mass is 10.1. The summed E-state index contributed by atoms with van der Waals surface area (Å²) < 4.78 is 6.89. The van der Waals surface area contributed by atoms with Crippen molar-refractivity contribution in [3.63, 3.8) is 0 Å². The number of carbonyl (C=O) groups excluding carboxylic acids is 1. The summed E-state index contributed by atoms with van der Waals surface area (Å²) in [7, 11) is 0. The van der Waals surface area contributed by atoms with Crippen LogP contribution in [0.15, 0.2) is 22.8 Å². The van der Waals surface area contributed by atoms with Crippen LogP contribution in [0.4, 0.5) is 5.95 Å². The fourth-order valence-corrected chi connectivity index (χ4v) is 2.85. The number of hydrogen-bond acceptors (Lipinski definition) is 6. The molecule has 132 valence electrons. The number of amides is 1. The molecule has 3 rings (SSSR count). The van der Waals surface area contributed by atoms with Crippen LogP contribution in [0, 0.1) is 13.8 Å². The lowest BCUT2D eigenvalue weighted by Crippen LogP contribution is -2.34. The molecule has 1 amide bonds. The minimum atomic E-state index is -0.0487. The highest BCUT2D eigenvalue weighted by atomic mass is 16.3. The van der Waals surface area contributed by atoms with E-state index in [1.165, 1.54) is 0 Å². The summed E-state index contributed by atoms with van der Waals surface area (Å²) in [5.74, 6) is 1.49. The average molecular weight is 342 g/mol. The van der Waals surface area contributed by atoms with Crippen molar-refractivity contribution < 1.29 is 9.21 Å². The fourth-order valence-electron chi connectivity index (χ4n) is 2.85. The standard InChI is InChI=1S/C17H22N6O2/c1-10(6-7-13-5-4-8-25-13)19-15(24)9-14-11(2)20-17-21-16(18)22-23(17)12(14)3/h4-5,8,10H,6-7,9H2,1-3H3,(H2,18,22)(H,19,24). The van der Waals surface area contributed by atoms with Gasteiger partial charge in [0.25, 0.3) is 5.78 Å². The molecule has 0 aliphatic heterocycles. The maximum atomic E-state index is 12.4. The van der Waals surface area contributed by atoms with Crippen LogP contribution in [-0.4, -0.2) is 31.5 Å². The van der Waals surface area contributed by atoms with E-state index in [1.54, 1.807) is 10.8 Å². The Kier molecular flexibility index (Phi) is 4.69. The molecule has 25 heavy (non-hydrogen) atoms. The normalized spacial score (nSPS) is 12.4. The summed E-state index contributed by atoms with van der Waals surface area (Å²) in [4.78, 5) is 20.8. The highest BCUT2D eigenvalue weighted by Crippen LogP contribution is 2.15. The van der Waals surface area contributed by atoms with Crippen molar-refractivity contribution in [2.24, 2.45) is 0 Å². The minimum absolute atomic E-state index is 0.0487. The summed E-state index contributed by atoms with van der Waals surface area (Å²) in [5, 5.41) is 7.14. The van der Waals surface area contributed by atoms with Crippen LogP contribution in [0.5, 0.6) is 0 Å². The molecule has 3 aromatic heterocycles. The van der Waals surface area contributed by atoms with Gasteiger partial charge in [0.15, 0.2) is 0 Å².